The Kier molecular flexibility index (Phi) is 2.20. The lowest BCUT2D eigenvalue weighted by molar-refractivity contribution is 0.179. The maximum absolute atomic E-state index is 9.00. The molecule has 0 saturated heterocycles. The predicted octanol–water partition coefficient (Wildman–Crippen LogP) is 1.08. The number of hydrogen-bond donors (Lipinski definition) is 2. The van der Waals surface area contributed by atoms with Crippen molar-refractivity contribution < 1.29 is 5.11 Å². The molecule has 0 aliphatic heterocycles. The van der Waals surface area contributed by atoms with Crippen LogP contribution in [0.15, 0.2) is 0 Å². The van der Waals surface area contributed by atoms with Gasteiger partial charge in [-0.15, -0.1) is 0 Å². The van der Waals surface area contributed by atoms with Crippen molar-refractivity contribution >= 4 is 12.6 Å². The van der Waals surface area contributed by atoms with Crippen molar-refractivity contribution in [2.24, 2.45) is 5.92 Å². The first kappa shape index (κ1) is 6.43. The van der Waals surface area contributed by atoms with Gasteiger partial charge in [0.25, 0.3) is 0 Å². The Bertz CT molecular complexity index is 74.9. The molecule has 1 aliphatic rings. The van der Waals surface area contributed by atoms with E-state index in [1.54, 1.807) is 0 Å². The summed E-state index contributed by atoms with van der Waals surface area (Å²) in [5.41, 5.74) is 0. The summed E-state index contributed by atoms with van der Waals surface area (Å²) in [6.07, 6.45) is 3.12. The molecule has 0 heterocycles. The second kappa shape index (κ2) is 2.74. The number of hydrogen-bond acceptors (Lipinski definition) is 2. The summed E-state index contributed by atoms with van der Waals surface area (Å²) in [6, 6.07) is 0. The van der Waals surface area contributed by atoms with Crippen LogP contribution < -0.4 is 0 Å². The summed E-state index contributed by atoms with van der Waals surface area (Å²) in [6.45, 7) is 0. The summed E-state index contributed by atoms with van der Waals surface area (Å²) < 4.78 is 0. The number of aliphatic hydroxyl groups is 1. The molecule has 0 aromatic rings. The summed E-state index contributed by atoms with van der Waals surface area (Å²) >= 11 is 4.15. The van der Waals surface area contributed by atoms with Crippen molar-refractivity contribution in [3.05, 3.63) is 0 Å². The summed E-state index contributed by atoms with van der Waals surface area (Å²) in [7, 11) is 0. The van der Waals surface area contributed by atoms with E-state index in [1.807, 2.05) is 0 Å². The Morgan fingerprint density at radius 3 is 2.50 bits per heavy atom. The highest BCUT2D eigenvalue weighted by Gasteiger charge is 2.20. The van der Waals surface area contributed by atoms with Gasteiger partial charge in [-0.25, -0.2) is 0 Å². The van der Waals surface area contributed by atoms with Gasteiger partial charge in [0.1, 0.15) is 0 Å². The second-order valence-corrected chi connectivity index (χ2v) is 2.88. The first-order valence-corrected chi connectivity index (χ1v) is 3.75. The SMILES string of the molecule is O[C@H]1CC[C@H](CS)C1. The standard InChI is InChI=1S/C6H12OS/c7-6-2-1-5(3-6)4-8/h5-8H,1-4H2/t5-,6-/m0/s1. The van der Waals surface area contributed by atoms with Gasteiger partial charge >= 0.3 is 0 Å². The van der Waals surface area contributed by atoms with Crippen molar-refractivity contribution in [1.82, 2.24) is 0 Å². The van der Waals surface area contributed by atoms with Crippen LogP contribution in [0.1, 0.15) is 19.3 Å². The van der Waals surface area contributed by atoms with Crippen molar-refractivity contribution in [2.45, 2.75) is 25.4 Å². The van der Waals surface area contributed by atoms with Crippen molar-refractivity contribution in [3.8, 4) is 0 Å². The third-order valence-corrected chi connectivity index (χ3v) is 2.29. The predicted molar refractivity (Wildman–Crippen MR) is 37.2 cm³/mol. The zero-order chi connectivity index (χ0) is 5.98. The third kappa shape index (κ3) is 1.39. The van der Waals surface area contributed by atoms with Crippen LogP contribution in [0, 0.1) is 5.92 Å². The molecule has 1 fully saturated rings. The second-order valence-electron chi connectivity index (χ2n) is 2.52. The Morgan fingerprint density at radius 2 is 2.25 bits per heavy atom. The van der Waals surface area contributed by atoms with E-state index in [2.05, 4.69) is 12.6 Å². The fourth-order valence-electron chi connectivity index (χ4n) is 1.21. The van der Waals surface area contributed by atoms with Crippen LogP contribution in [0.25, 0.3) is 0 Å². The zero-order valence-corrected chi connectivity index (χ0v) is 5.77. The normalized spacial score (nSPS) is 38.2. The van der Waals surface area contributed by atoms with Gasteiger partial charge in [0.05, 0.1) is 6.10 Å². The van der Waals surface area contributed by atoms with E-state index in [9.17, 15) is 0 Å². The van der Waals surface area contributed by atoms with Gasteiger partial charge in [-0.2, -0.15) is 12.6 Å². The fourth-order valence-corrected chi connectivity index (χ4v) is 1.55. The molecule has 0 unspecified atom stereocenters. The fraction of sp³-hybridized carbons (Fsp3) is 1.00. The molecule has 0 aromatic heterocycles. The minimum atomic E-state index is -0.0212. The lowest BCUT2D eigenvalue weighted by atomic mass is 10.1. The molecular formula is C6H12OS. The van der Waals surface area contributed by atoms with Crippen LogP contribution in [0.4, 0.5) is 0 Å². The number of aliphatic hydroxyl groups excluding tert-OH is 1. The minimum absolute atomic E-state index is 0.0212. The first-order valence-electron chi connectivity index (χ1n) is 3.12. The highest BCUT2D eigenvalue weighted by atomic mass is 32.1. The van der Waals surface area contributed by atoms with Gasteiger partial charge in [-0.1, -0.05) is 0 Å². The van der Waals surface area contributed by atoms with Crippen LogP contribution >= 0.6 is 12.6 Å². The highest BCUT2D eigenvalue weighted by Crippen LogP contribution is 2.25. The lowest BCUT2D eigenvalue weighted by Gasteiger charge is -2.01. The van der Waals surface area contributed by atoms with E-state index < -0.39 is 0 Å². The average Bonchev–Trinajstić information content (AvgIpc) is 2.14. The molecule has 1 saturated carbocycles. The quantitative estimate of drug-likeness (QED) is 0.511. The molecule has 1 aliphatic carbocycles. The molecule has 8 heavy (non-hydrogen) atoms. The van der Waals surface area contributed by atoms with E-state index >= 15 is 0 Å². The van der Waals surface area contributed by atoms with Crippen LogP contribution in [-0.4, -0.2) is 17.0 Å². The molecule has 0 spiro atoms. The van der Waals surface area contributed by atoms with Crippen LogP contribution in [0.3, 0.4) is 0 Å². The monoisotopic (exact) mass is 132 g/mol. The van der Waals surface area contributed by atoms with Gasteiger partial charge in [-0.3, -0.25) is 0 Å². The molecular weight excluding hydrogens is 120 g/mol. The number of thiol groups is 1. The molecule has 48 valence electrons. The maximum atomic E-state index is 9.00. The van der Waals surface area contributed by atoms with E-state index in [4.69, 9.17) is 5.11 Å². The van der Waals surface area contributed by atoms with E-state index in [-0.39, 0.29) is 6.10 Å². The average molecular weight is 132 g/mol. The summed E-state index contributed by atoms with van der Waals surface area (Å²) in [5.74, 6) is 1.63. The van der Waals surface area contributed by atoms with Gasteiger partial charge in [0.2, 0.25) is 0 Å². The lowest BCUT2D eigenvalue weighted by Crippen LogP contribution is -2.00. The first-order chi connectivity index (χ1) is 3.83. The molecule has 1 rings (SSSR count). The smallest absolute Gasteiger partial charge is 0.0543 e. The third-order valence-electron chi connectivity index (χ3n) is 1.77. The topological polar surface area (TPSA) is 20.2 Å². The summed E-state index contributed by atoms with van der Waals surface area (Å²) in [5, 5.41) is 9.00. The Hall–Kier alpha value is 0.310. The Balaban J connectivity index is 2.22. The van der Waals surface area contributed by atoms with Gasteiger partial charge in [0, 0.05) is 0 Å². The zero-order valence-electron chi connectivity index (χ0n) is 4.88. The number of rotatable bonds is 1. The maximum Gasteiger partial charge on any atom is 0.0543 e. The summed E-state index contributed by atoms with van der Waals surface area (Å²) in [4.78, 5) is 0. The van der Waals surface area contributed by atoms with Crippen molar-refractivity contribution in [1.29, 1.82) is 0 Å². The minimum Gasteiger partial charge on any atom is -0.393 e. The highest BCUT2D eigenvalue weighted by molar-refractivity contribution is 7.80. The van der Waals surface area contributed by atoms with Crippen LogP contribution in [-0.2, 0) is 0 Å². The molecule has 0 bridgehead atoms. The van der Waals surface area contributed by atoms with Gasteiger partial charge < -0.3 is 5.11 Å². The van der Waals surface area contributed by atoms with E-state index in [1.165, 1.54) is 6.42 Å². The Morgan fingerprint density at radius 1 is 1.50 bits per heavy atom. The molecule has 2 atom stereocenters. The van der Waals surface area contributed by atoms with Crippen LogP contribution in [0.5, 0.6) is 0 Å². The Labute approximate surface area is 55.5 Å². The van der Waals surface area contributed by atoms with Crippen molar-refractivity contribution in [2.75, 3.05) is 5.75 Å². The molecule has 2 heteroatoms. The van der Waals surface area contributed by atoms with E-state index in [0.717, 1.165) is 18.6 Å². The molecule has 0 amide bonds. The largest absolute Gasteiger partial charge is 0.393 e. The molecule has 1 N–H and O–H groups in total. The van der Waals surface area contributed by atoms with Crippen molar-refractivity contribution in [3.63, 3.8) is 0 Å². The molecule has 1 nitrogen and oxygen atoms in total. The molecule has 0 radical (unpaired) electrons. The van der Waals surface area contributed by atoms with Gasteiger partial charge in [-0.05, 0) is 30.9 Å². The van der Waals surface area contributed by atoms with Crippen LogP contribution in [0.2, 0.25) is 0 Å². The molecule has 0 aromatic carbocycles. The van der Waals surface area contributed by atoms with E-state index in [0.29, 0.717) is 5.92 Å². The van der Waals surface area contributed by atoms with Gasteiger partial charge in [0.15, 0.2) is 0 Å².